The zero-order chi connectivity index (χ0) is 13.1. The molecule has 0 atom stereocenters. The minimum atomic E-state index is -3.18. The Morgan fingerprint density at radius 2 is 2.00 bits per heavy atom. The third-order valence-corrected chi connectivity index (χ3v) is 3.92. The van der Waals surface area contributed by atoms with Gasteiger partial charge >= 0.3 is 0 Å². The highest BCUT2D eigenvalue weighted by atomic mass is 32.2. The van der Waals surface area contributed by atoms with Crippen LogP contribution in [0.5, 0.6) is 0 Å². The van der Waals surface area contributed by atoms with Crippen LogP contribution >= 0.6 is 0 Å². The molecule has 1 aliphatic carbocycles. The van der Waals surface area contributed by atoms with E-state index in [2.05, 4.69) is 5.32 Å². The van der Waals surface area contributed by atoms with Crippen LogP contribution in [0.4, 0.5) is 0 Å². The van der Waals surface area contributed by atoms with Crippen LogP contribution in [0.1, 0.15) is 26.7 Å². The molecule has 6 heteroatoms. The van der Waals surface area contributed by atoms with Gasteiger partial charge in [-0.05, 0) is 18.8 Å². The Hall–Kier alpha value is -0.620. The van der Waals surface area contributed by atoms with Gasteiger partial charge in [-0.3, -0.25) is 4.79 Å². The molecular formula is C11H22N2O3S. The van der Waals surface area contributed by atoms with Crippen LogP contribution in [0.15, 0.2) is 0 Å². The van der Waals surface area contributed by atoms with E-state index in [0.717, 1.165) is 12.8 Å². The number of nitrogens with one attached hydrogen (secondary N) is 1. The highest BCUT2D eigenvalue weighted by Crippen LogP contribution is 2.28. The predicted octanol–water partition coefficient (Wildman–Crippen LogP) is 0.430. The summed E-state index contributed by atoms with van der Waals surface area (Å²) in [5.74, 6) is 0.513. The van der Waals surface area contributed by atoms with Gasteiger partial charge in [0.05, 0.1) is 6.26 Å². The van der Waals surface area contributed by atoms with Crippen molar-refractivity contribution in [3.05, 3.63) is 0 Å². The monoisotopic (exact) mass is 262 g/mol. The zero-order valence-corrected chi connectivity index (χ0v) is 11.6. The number of hydrogen-bond acceptors (Lipinski definition) is 3. The highest BCUT2D eigenvalue weighted by molar-refractivity contribution is 7.88. The second-order valence-corrected chi connectivity index (χ2v) is 7.06. The lowest BCUT2D eigenvalue weighted by atomic mass is 10.2. The fourth-order valence-electron chi connectivity index (χ4n) is 1.59. The maximum absolute atomic E-state index is 11.5. The third kappa shape index (κ3) is 5.50. The van der Waals surface area contributed by atoms with Crippen molar-refractivity contribution < 1.29 is 13.2 Å². The minimum absolute atomic E-state index is 0.0583. The summed E-state index contributed by atoms with van der Waals surface area (Å²) >= 11 is 0. The Labute approximate surface area is 104 Å². The van der Waals surface area contributed by atoms with Crippen LogP contribution in [0.2, 0.25) is 0 Å². The lowest BCUT2D eigenvalue weighted by molar-refractivity contribution is -0.122. The van der Waals surface area contributed by atoms with Crippen molar-refractivity contribution in [3.63, 3.8) is 0 Å². The molecule has 0 heterocycles. The van der Waals surface area contributed by atoms with E-state index < -0.39 is 10.0 Å². The molecule has 1 fully saturated rings. The molecule has 100 valence electrons. The zero-order valence-electron chi connectivity index (χ0n) is 10.8. The molecule has 0 aromatic heterocycles. The molecule has 1 amide bonds. The van der Waals surface area contributed by atoms with Gasteiger partial charge in [0.1, 0.15) is 0 Å². The maximum atomic E-state index is 11.5. The first kappa shape index (κ1) is 14.4. The molecular weight excluding hydrogens is 240 g/mol. The van der Waals surface area contributed by atoms with Crippen LogP contribution in [-0.2, 0) is 14.8 Å². The van der Waals surface area contributed by atoms with E-state index in [4.69, 9.17) is 0 Å². The Morgan fingerprint density at radius 1 is 1.41 bits per heavy atom. The number of hydrogen-bond donors (Lipinski definition) is 1. The number of rotatable bonds is 7. The summed E-state index contributed by atoms with van der Waals surface area (Å²) in [5, 5.41) is 2.78. The number of carbonyl (C=O) groups excluding carboxylic acids is 1. The maximum Gasteiger partial charge on any atom is 0.223 e. The molecule has 0 aromatic carbocycles. The van der Waals surface area contributed by atoms with Crippen molar-refractivity contribution in [2.75, 3.05) is 25.9 Å². The molecule has 5 nitrogen and oxygen atoms in total. The Morgan fingerprint density at radius 3 is 2.41 bits per heavy atom. The van der Waals surface area contributed by atoms with Gasteiger partial charge in [0.2, 0.25) is 15.9 Å². The quantitative estimate of drug-likeness (QED) is 0.723. The van der Waals surface area contributed by atoms with E-state index in [1.165, 1.54) is 10.6 Å². The fourth-order valence-corrected chi connectivity index (χ4v) is 2.59. The largest absolute Gasteiger partial charge is 0.355 e. The van der Waals surface area contributed by atoms with Crippen LogP contribution in [0, 0.1) is 11.8 Å². The van der Waals surface area contributed by atoms with E-state index in [9.17, 15) is 13.2 Å². The summed E-state index contributed by atoms with van der Waals surface area (Å²) < 4.78 is 24.4. The summed E-state index contributed by atoms with van der Waals surface area (Å²) in [7, 11) is -3.18. The van der Waals surface area contributed by atoms with Gasteiger partial charge in [-0.15, -0.1) is 0 Å². The number of sulfonamides is 1. The highest BCUT2D eigenvalue weighted by Gasteiger charge is 2.29. The molecule has 0 bridgehead atoms. The van der Waals surface area contributed by atoms with Crippen molar-refractivity contribution in [1.29, 1.82) is 0 Å². The van der Waals surface area contributed by atoms with Crippen molar-refractivity contribution in [3.8, 4) is 0 Å². The summed E-state index contributed by atoms with van der Waals surface area (Å²) in [6.07, 6.45) is 3.14. The lowest BCUT2D eigenvalue weighted by Gasteiger charge is -2.21. The molecule has 0 spiro atoms. The van der Waals surface area contributed by atoms with Gasteiger partial charge in [-0.2, -0.15) is 0 Å². The van der Waals surface area contributed by atoms with E-state index in [1.54, 1.807) is 0 Å². The smallest absolute Gasteiger partial charge is 0.223 e. The summed E-state index contributed by atoms with van der Waals surface area (Å²) in [4.78, 5) is 11.4. The standard InChI is InChI=1S/C11H22N2O3S/c1-9(2)8-13(17(3,15)16)7-6-12-11(14)10-4-5-10/h9-10H,4-8H2,1-3H3,(H,12,14). The van der Waals surface area contributed by atoms with Crippen LogP contribution in [0.3, 0.4) is 0 Å². The molecule has 0 unspecified atom stereocenters. The second-order valence-electron chi connectivity index (χ2n) is 5.08. The van der Waals surface area contributed by atoms with Crippen molar-refractivity contribution in [2.45, 2.75) is 26.7 Å². The van der Waals surface area contributed by atoms with Gasteiger partial charge < -0.3 is 5.32 Å². The SMILES string of the molecule is CC(C)CN(CCNC(=O)C1CC1)S(C)(=O)=O. The van der Waals surface area contributed by atoms with E-state index >= 15 is 0 Å². The predicted molar refractivity (Wildman–Crippen MR) is 67.0 cm³/mol. The lowest BCUT2D eigenvalue weighted by Crippen LogP contribution is -2.40. The van der Waals surface area contributed by atoms with Gasteiger partial charge in [-0.25, -0.2) is 12.7 Å². The summed E-state index contributed by atoms with van der Waals surface area (Å²) in [6, 6.07) is 0. The molecule has 0 aliphatic heterocycles. The molecule has 1 aliphatic rings. The first-order valence-corrected chi connectivity index (χ1v) is 7.88. The van der Waals surface area contributed by atoms with Crippen molar-refractivity contribution in [1.82, 2.24) is 9.62 Å². The molecule has 0 aromatic rings. The van der Waals surface area contributed by atoms with Crippen molar-refractivity contribution >= 4 is 15.9 Å². The second kappa shape index (κ2) is 5.82. The molecule has 0 radical (unpaired) electrons. The third-order valence-electron chi connectivity index (χ3n) is 2.65. The molecule has 1 N–H and O–H groups in total. The average molecular weight is 262 g/mol. The molecule has 1 saturated carbocycles. The van der Waals surface area contributed by atoms with Crippen molar-refractivity contribution in [2.24, 2.45) is 11.8 Å². The topological polar surface area (TPSA) is 66.5 Å². The Bertz CT molecular complexity index is 361. The summed E-state index contributed by atoms with van der Waals surface area (Å²) in [5.41, 5.74) is 0. The molecule has 0 saturated heterocycles. The number of carbonyl (C=O) groups is 1. The normalized spacial score (nSPS) is 16.5. The summed E-state index contributed by atoms with van der Waals surface area (Å²) in [6.45, 7) is 5.20. The van der Waals surface area contributed by atoms with Gasteiger partial charge in [0.25, 0.3) is 0 Å². The van der Waals surface area contributed by atoms with Gasteiger partial charge in [-0.1, -0.05) is 13.8 Å². The molecule has 17 heavy (non-hydrogen) atoms. The number of amides is 1. The molecule has 1 rings (SSSR count). The van der Waals surface area contributed by atoms with E-state index in [1.807, 2.05) is 13.8 Å². The average Bonchev–Trinajstić information content (AvgIpc) is 2.96. The fraction of sp³-hybridized carbons (Fsp3) is 0.909. The first-order chi connectivity index (χ1) is 7.80. The van der Waals surface area contributed by atoms with E-state index in [-0.39, 0.29) is 17.7 Å². The minimum Gasteiger partial charge on any atom is -0.355 e. The first-order valence-electron chi connectivity index (χ1n) is 6.03. The van der Waals surface area contributed by atoms with Gasteiger partial charge in [0, 0.05) is 25.6 Å². The van der Waals surface area contributed by atoms with Gasteiger partial charge in [0.15, 0.2) is 0 Å². The van der Waals surface area contributed by atoms with Crippen LogP contribution in [-0.4, -0.2) is 44.5 Å². The Kier molecular flexibility index (Phi) is 4.94. The van der Waals surface area contributed by atoms with E-state index in [0.29, 0.717) is 19.6 Å². The Balaban J connectivity index is 2.35. The number of nitrogens with zero attached hydrogens (tertiary/aromatic N) is 1. The van der Waals surface area contributed by atoms with Crippen LogP contribution in [0.25, 0.3) is 0 Å². The van der Waals surface area contributed by atoms with Crippen LogP contribution < -0.4 is 5.32 Å².